The number of nitrogens with one attached hydrogen (secondary N) is 1. The van der Waals surface area contributed by atoms with Crippen molar-refractivity contribution in [1.29, 1.82) is 0 Å². The van der Waals surface area contributed by atoms with Crippen LogP contribution in [0.4, 0.5) is 5.69 Å². The number of hydrogen-bond donors (Lipinski definition) is 3. The molecule has 1 unspecified atom stereocenters. The average Bonchev–Trinajstić information content (AvgIpc) is 2.89. The summed E-state index contributed by atoms with van der Waals surface area (Å²) in [6, 6.07) is 3.93. The molecule has 11 nitrogen and oxygen atoms in total. The van der Waals surface area contributed by atoms with E-state index >= 15 is 0 Å². The first kappa shape index (κ1) is 22.1. The fraction of sp³-hybridized carbons (Fsp3) is 0.412. The molecule has 1 aromatic carbocycles. The maximum absolute atomic E-state index is 12.5. The first-order chi connectivity index (χ1) is 13.9. The highest BCUT2D eigenvalue weighted by molar-refractivity contribution is 8.01. The lowest BCUT2D eigenvalue weighted by molar-refractivity contribution is -0.161. The number of fused-ring (bicyclic) bond motifs is 1. The van der Waals surface area contributed by atoms with Crippen LogP contribution in [0.1, 0.15) is 19.4 Å². The van der Waals surface area contributed by atoms with Crippen LogP contribution in [0, 0.1) is 0 Å². The molecule has 3 atom stereocenters. The van der Waals surface area contributed by atoms with Gasteiger partial charge in [-0.05, 0) is 25.5 Å². The van der Waals surface area contributed by atoms with E-state index in [4.69, 9.17) is 5.14 Å². The standard InChI is InChI=1S/C17H20N4O7S2/c1-17(2)13(16(25)26)21-14(24)12(15(21)29-17)19-11(23)7-9-5-3-4-6-10(9)20(8-22)30(18,27)28/h3-6,8,12-13,15H,7H2,1-2H3,(H,19,23)(H,25,26)(H2,18,27,28)/t12?,13-,15+/m0/s1. The van der Waals surface area contributed by atoms with Crippen LogP contribution in [-0.4, -0.2) is 64.8 Å². The molecule has 0 saturated carbocycles. The van der Waals surface area contributed by atoms with E-state index in [0.717, 1.165) is 0 Å². The van der Waals surface area contributed by atoms with E-state index in [9.17, 15) is 32.7 Å². The zero-order valence-corrected chi connectivity index (χ0v) is 17.6. The average molecular weight is 457 g/mol. The Hall–Kier alpha value is -2.64. The maximum atomic E-state index is 12.5. The number of anilines is 1. The highest BCUT2D eigenvalue weighted by Gasteiger charge is 2.64. The van der Waals surface area contributed by atoms with Crippen LogP contribution in [0.3, 0.4) is 0 Å². The summed E-state index contributed by atoms with van der Waals surface area (Å²) in [6.07, 6.45) is -0.286. The first-order valence-corrected chi connectivity index (χ1v) is 11.1. The van der Waals surface area contributed by atoms with E-state index in [-0.39, 0.29) is 24.1 Å². The smallest absolute Gasteiger partial charge is 0.327 e. The van der Waals surface area contributed by atoms with E-state index in [1.54, 1.807) is 19.9 Å². The monoisotopic (exact) mass is 456 g/mol. The van der Waals surface area contributed by atoms with Crippen molar-refractivity contribution in [3.8, 4) is 0 Å². The molecule has 1 aromatic rings. The van der Waals surface area contributed by atoms with Gasteiger partial charge in [0.1, 0.15) is 17.5 Å². The number of aliphatic carboxylic acids is 1. The van der Waals surface area contributed by atoms with E-state index in [1.165, 1.54) is 34.9 Å². The number of thioether (sulfide) groups is 1. The van der Waals surface area contributed by atoms with Gasteiger partial charge in [-0.25, -0.2) is 9.93 Å². The van der Waals surface area contributed by atoms with Crippen molar-refractivity contribution in [3.05, 3.63) is 29.8 Å². The second-order valence-electron chi connectivity index (χ2n) is 7.39. The zero-order chi connectivity index (χ0) is 22.4. The van der Waals surface area contributed by atoms with Crippen LogP contribution in [0.25, 0.3) is 0 Å². The lowest BCUT2D eigenvalue weighted by Crippen LogP contribution is -2.70. The molecular weight excluding hydrogens is 436 g/mol. The minimum Gasteiger partial charge on any atom is -0.480 e. The molecule has 0 radical (unpaired) electrons. The molecule has 2 aliphatic heterocycles. The number of carbonyl (C=O) groups excluding carboxylic acids is 3. The molecule has 3 amide bonds. The van der Waals surface area contributed by atoms with Crippen molar-refractivity contribution in [2.75, 3.05) is 4.31 Å². The Morgan fingerprint density at radius 3 is 2.57 bits per heavy atom. The molecule has 2 aliphatic rings. The van der Waals surface area contributed by atoms with E-state index in [1.807, 2.05) is 0 Å². The van der Waals surface area contributed by atoms with Gasteiger partial charge in [-0.3, -0.25) is 14.4 Å². The molecule has 30 heavy (non-hydrogen) atoms. The van der Waals surface area contributed by atoms with E-state index in [0.29, 0.717) is 4.31 Å². The molecule has 2 saturated heterocycles. The second-order valence-corrected chi connectivity index (χ2v) is 10.6. The lowest BCUT2D eigenvalue weighted by Gasteiger charge is -2.43. The molecular formula is C17H20N4O7S2. The Labute approximate surface area is 176 Å². The summed E-state index contributed by atoms with van der Waals surface area (Å²) in [6.45, 7) is 3.44. The summed E-state index contributed by atoms with van der Waals surface area (Å²) in [5.74, 6) is -2.19. The molecule has 0 bridgehead atoms. The van der Waals surface area contributed by atoms with Crippen molar-refractivity contribution in [2.45, 2.75) is 42.5 Å². The van der Waals surface area contributed by atoms with Crippen molar-refractivity contribution >= 4 is 51.9 Å². The van der Waals surface area contributed by atoms with Crippen molar-refractivity contribution in [1.82, 2.24) is 10.2 Å². The fourth-order valence-electron chi connectivity index (χ4n) is 3.67. The number of benzene rings is 1. The fourth-order valence-corrected chi connectivity index (χ4v) is 5.87. The Morgan fingerprint density at radius 2 is 2.00 bits per heavy atom. The SMILES string of the molecule is CC1(C)S[C@@H]2C(NC(=O)Cc3ccccc3N(C=O)S(N)(=O)=O)C(=O)N2[C@H]1C(=O)O. The lowest BCUT2D eigenvalue weighted by atomic mass is 9.96. The van der Waals surface area contributed by atoms with Crippen LogP contribution in [-0.2, 0) is 35.8 Å². The summed E-state index contributed by atoms with van der Waals surface area (Å²) < 4.78 is 22.8. The molecule has 13 heteroatoms. The van der Waals surface area contributed by atoms with Crippen molar-refractivity contribution in [2.24, 2.45) is 5.14 Å². The van der Waals surface area contributed by atoms with Gasteiger partial charge in [-0.1, -0.05) is 18.2 Å². The molecule has 3 rings (SSSR count). The van der Waals surface area contributed by atoms with E-state index in [2.05, 4.69) is 5.32 Å². The van der Waals surface area contributed by atoms with Gasteiger partial charge in [0.2, 0.25) is 18.2 Å². The van der Waals surface area contributed by atoms with E-state index < -0.39 is 50.2 Å². The van der Waals surface area contributed by atoms with Gasteiger partial charge in [0.15, 0.2) is 0 Å². The number of carbonyl (C=O) groups is 4. The Balaban J connectivity index is 1.75. The first-order valence-electron chi connectivity index (χ1n) is 8.76. The van der Waals surface area contributed by atoms with Crippen LogP contribution in [0.5, 0.6) is 0 Å². The highest BCUT2D eigenvalue weighted by Crippen LogP contribution is 2.50. The third-order valence-electron chi connectivity index (χ3n) is 4.94. The summed E-state index contributed by atoms with van der Waals surface area (Å²) in [5, 5.41) is 16.5. The molecule has 0 aliphatic carbocycles. The van der Waals surface area contributed by atoms with Crippen LogP contribution in [0.2, 0.25) is 0 Å². The largest absolute Gasteiger partial charge is 0.480 e. The van der Waals surface area contributed by atoms with Gasteiger partial charge in [0.05, 0.1) is 12.1 Å². The quantitative estimate of drug-likeness (QED) is 0.348. The number of carboxylic acids is 1. The number of amides is 3. The van der Waals surface area contributed by atoms with Gasteiger partial charge < -0.3 is 15.3 Å². The molecule has 2 fully saturated rings. The summed E-state index contributed by atoms with van der Waals surface area (Å²) in [7, 11) is -4.38. The Bertz CT molecular complexity index is 1030. The molecule has 0 spiro atoms. The summed E-state index contributed by atoms with van der Waals surface area (Å²) in [4.78, 5) is 49.0. The zero-order valence-electron chi connectivity index (χ0n) is 16.0. The van der Waals surface area contributed by atoms with Crippen LogP contribution in [0.15, 0.2) is 24.3 Å². The number of hydrogen-bond acceptors (Lipinski definition) is 7. The van der Waals surface area contributed by atoms with Gasteiger partial charge in [0.25, 0.3) is 0 Å². The molecule has 2 heterocycles. The Morgan fingerprint density at radius 1 is 1.37 bits per heavy atom. The molecule has 0 aromatic heterocycles. The topological polar surface area (TPSA) is 167 Å². The number of nitrogens with zero attached hydrogens (tertiary/aromatic N) is 2. The van der Waals surface area contributed by atoms with Gasteiger partial charge >= 0.3 is 16.2 Å². The van der Waals surface area contributed by atoms with Crippen molar-refractivity contribution in [3.63, 3.8) is 0 Å². The third kappa shape index (κ3) is 3.75. The van der Waals surface area contributed by atoms with Gasteiger partial charge in [0, 0.05) is 4.75 Å². The van der Waals surface area contributed by atoms with Gasteiger partial charge in [-0.2, -0.15) is 12.7 Å². The third-order valence-corrected chi connectivity index (χ3v) is 7.34. The number of para-hydroxylation sites is 1. The number of rotatable bonds is 7. The number of carboxylic acid groups (broad SMARTS) is 1. The highest BCUT2D eigenvalue weighted by atomic mass is 32.2. The predicted octanol–water partition coefficient (Wildman–Crippen LogP) is -0.973. The Kier molecular flexibility index (Phi) is 5.56. The summed E-state index contributed by atoms with van der Waals surface area (Å²) >= 11 is 1.29. The minimum absolute atomic E-state index is 0.0305. The molecule has 162 valence electrons. The van der Waals surface area contributed by atoms with Crippen molar-refractivity contribution < 1.29 is 32.7 Å². The van der Waals surface area contributed by atoms with Crippen LogP contribution >= 0.6 is 11.8 Å². The minimum atomic E-state index is -4.38. The second kappa shape index (κ2) is 7.56. The normalized spacial score (nSPS) is 24.6. The number of nitrogens with two attached hydrogens (primary N) is 1. The molecule has 4 N–H and O–H groups in total. The number of β-lactam (4-membered cyclic amide) rings is 1. The summed E-state index contributed by atoms with van der Waals surface area (Å²) in [5.41, 5.74) is 0.136. The van der Waals surface area contributed by atoms with Gasteiger partial charge in [-0.15, -0.1) is 11.8 Å². The predicted molar refractivity (Wildman–Crippen MR) is 107 cm³/mol. The van der Waals surface area contributed by atoms with Crippen LogP contribution < -0.4 is 14.8 Å². The maximum Gasteiger partial charge on any atom is 0.327 e.